The van der Waals surface area contributed by atoms with E-state index < -0.39 is 0 Å². The quantitative estimate of drug-likeness (QED) is 0.805. The Morgan fingerprint density at radius 1 is 1.53 bits per heavy atom. The first kappa shape index (κ1) is 10.6. The van der Waals surface area contributed by atoms with Crippen LogP contribution in [0, 0.1) is 0 Å². The molecule has 5 heteroatoms. The number of aromatic nitrogens is 2. The SMILES string of the molecule is CCc1noc(COC2CCC(N)C2)n1. The van der Waals surface area contributed by atoms with E-state index in [0.717, 1.165) is 31.5 Å². The van der Waals surface area contributed by atoms with Crippen LogP contribution in [0.3, 0.4) is 0 Å². The van der Waals surface area contributed by atoms with Crippen molar-refractivity contribution < 1.29 is 9.26 Å². The molecule has 1 aromatic heterocycles. The molecule has 1 heterocycles. The maximum atomic E-state index is 5.79. The van der Waals surface area contributed by atoms with E-state index in [1.54, 1.807) is 0 Å². The minimum Gasteiger partial charge on any atom is -0.368 e. The number of hydrogen-bond acceptors (Lipinski definition) is 5. The highest BCUT2D eigenvalue weighted by Gasteiger charge is 2.22. The summed E-state index contributed by atoms with van der Waals surface area (Å²) in [7, 11) is 0. The summed E-state index contributed by atoms with van der Waals surface area (Å²) in [4.78, 5) is 4.17. The molecule has 2 atom stereocenters. The highest BCUT2D eigenvalue weighted by molar-refractivity contribution is 4.84. The van der Waals surface area contributed by atoms with Gasteiger partial charge in [-0.2, -0.15) is 4.98 Å². The van der Waals surface area contributed by atoms with E-state index in [9.17, 15) is 0 Å². The number of hydrogen-bond donors (Lipinski definition) is 1. The van der Waals surface area contributed by atoms with Crippen molar-refractivity contribution in [3.8, 4) is 0 Å². The number of nitrogens with zero attached hydrogens (tertiary/aromatic N) is 2. The lowest BCUT2D eigenvalue weighted by atomic mass is 10.3. The van der Waals surface area contributed by atoms with Gasteiger partial charge < -0.3 is 15.0 Å². The zero-order valence-electron chi connectivity index (χ0n) is 8.98. The molecule has 0 bridgehead atoms. The highest BCUT2D eigenvalue weighted by Crippen LogP contribution is 2.21. The van der Waals surface area contributed by atoms with Gasteiger partial charge in [0.25, 0.3) is 5.89 Å². The summed E-state index contributed by atoms with van der Waals surface area (Å²) in [5.74, 6) is 1.30. The summed E-state index contributed by atoms with van der Waals surface area (Å²) in [6.07, 6.45) is 4.08. The predicted octanol–water partition coefficient (Wildman–Crippen LogP) is 1.03. The molecule has 2 rings (SSSR count). The summed E-state index contributed by atoms with van der Waals surface area (Å²) < 4.78 is 10.7. The van der Waals surface area contributed by atoms with Gasteiger partial charge in [0.1, 0.15) is 6.61 Å². The Balaban J connectivity index is 1.77. The highest BCUT2D eigenvalue weighted by atomic mass is 16.5. The van der Waals surface area contributed by atoms with Crippen LogP contribution >= 0.6 is 0 Å². The summed E-state index contributed by atoms with van der Waals surface area (Å²) >= 11 is 0. The first-order chi connectivity index (χ1) is 7.28. The fourth-order valence-electron chi connectivity index (χ4n) is 1.81. The van der Waals surface area contributed by atoms with Gasteiger partial charge in [0.15, 0.2) is 5.82 Å². The van der Waals surface area contributed by atoms with Crippen molar-refractivity contribution in [2.75, 3.05) is 0 Å². The monoisotopic (exact) mass is 211 g/mol. The molecule has 0 saturated heterocycles. The summed E-state index contributed by atoms with van der Waals surface area (Å²) in [6, 6.07) is 0.295. The number of ether oxygens (including phenoxy) is 1. The van der Waals surface area contributed by atoms with E-state index in [1.165, 1.54) is 0 Å². The van der Waals surface area contributed by atoms with Crippen molar-refractivity contribution in [1.82, 2.24) is 10.1 Å². The van der Waals surface area contributed by atoms with Crippen molar-refractivity contribution in [3.05, 3.63) is 11.7 Å². The van der Waals surface area contributed by atoms with Gasteiger partial charge in [-0.15, -0.1) is 0 Å². The second-order valence-electron chi connectivity index (χ2n) is 3.96. The molecule has 0 aromatic carbocycles. The molecule has 15 heavy (non-hydrogen) atoms. The summed E-state index contributed by atoms with van der Waals surface area (Å²) in [5.41, 5.74) is 5.79. The van der Waals surface area contributed by atoms with Gasteiger partial charge in [0, 0.05) is 12.5 Å². The smallest absolute Gasteiger partial charge is 0.252 e. The lowest BCUT2D eigenvalue weighted by Gasteiger charge is -2.08. The van der Waals surface area contributed by atoms with Crippen molar-refractivity contribution in [2.45, 2.75) is 51.4 Å². The molecule has 1 aromatic rings. The Morgan fingerprint density at radius 2 is 2.40 bits per heavy atom. The normalized spacial score (nSPS) is 26.0. The Hall–Kier alpha value is -0.940. The lowest BCUT2D eigenvalue weighted by Crippen LogP contribution is -2.17. The van der Waals surface area contributed by atoms with Crippen molar-refractivity contribution in [3.63, 3.8) is 0 Å². The van der Waals surface area contributed by atoms with Crippen molar-refractivity contribution in [1.29, 1.82) is 0 Å². The second kappa shape index (κ2) is 4.72. The predicted molar refractivity (Wildman–Crippen MR) is 54.1 cm³/mol. The zero-order valence-corrected chi connectivity index (χ0v) is 8.98. The van der Waals surface area contributed by atoms with Gasteiger partial charge in [-0.05, 0) is 19.3 Å². The average molecular weight is 211 g/mol. The van der Waals surface area contributed by atoms with Gasteiger partial charge in [-0.1, -0.05) is 12.1 Å². The van der Waals surface area contributed by atoms with Crippen LogP contribution < -0.4 is 5.73 Å². The van der Waals surface area contributed by atoms with E-state index in [1.807, 2.05) is 6.92 Å². The Morgan fingerprint density at radius 3 is 3.00 bits per heavy atom. The molecule has 0 radical (unpaired) electrons. The number of nitrogens with two attached hydrogens (primary N) is 1. The summed E-state index contributed by atoms with van der Waals surface area (Å²) in [6.45, 7) is 2.40. The van der Waals surface area contributed by atoms with Gasteiger partial charge >= 0.3 is 0 Å². The van der Waals surface area contributed by atoms with E-state index in [-0.39, 0.29) is 6.10 Å². The minimum atomic E-state index is 0.261. The molecule has 1 aliphatic rings. The Bertz CT molecular complexity index is 313. The molecule has 2 N–H and O–H groups in total. The number of aryl methyl sites for hydroxylation is 1. The van der Waals surface area contributed by atoms with Crippen molar-refractivity contribution >= 4 is 0 Å². The van der Waals surface area contributed by atoms with Crippen LogP contribution in [0.25, 0.3) is 0 Å². The topological polar surface area (TPSA) is 74.2 Å². The molecular formula is C10H17N3O2. The fourth-order valence-corrected chi connectivity index (χ4v) is 1.81. The molecule has 84 valence electrons. The standard InChI is InChI=1S/C10H17N3O2/c1-2-9-12-10(15-13-9)6-14-8-4-3-7(11)5-8/h7-8H,2-6,11H2,1H3. The Kier molecular flexibility index (Phi) is 3.33. The summed E-state index contributed by atoms with van der Waals surface area (Å²) in [5, 5.41) is 3.80. The third kappa shape index (κ3) is 2.76. The van der Waals surface area contributed by atoms with Crippen molar-refractivity contribution in [2.24, 2.45) is 5.73 Å². The van der Waals surface area contributed by atoms with E-state index in [2.05, 4.69) is 10.1 Å². The molecule has 1 fully saturated rings. The Labute approximate surface area is 89.0 Å². The third-order valence-electron chi connectivity index (χ3n) is 2.69. The molecule has 0 spiro atoms. The van der Waals surface area contributed by atoms with E-state index >= 15 is 0 Å². The van der Waals surface area contributed by atoms with Crippen LogP contribution in [-0.2, 0) is 17.8 Å². The molecular weight excluding hydrogens is 194 g/mol. The third-order valence-corrected chi connectivity index (χ3v) is 2.69. The van der Waals surface area contributed by atoms with Gasteiger partial charge in [-0.3, -0.25) is 0 Å². The van der Waals surface area contributed by atoms with Crippen LogP contribution in [0.2, 0.25) is 0 Å². The van der Waals surface area contributed by atoms with Crippen LogP contribution in [0.1, 0.15) is 37.9 Å². The molecule has 5 nitrogen and oxygen atoms in total. The molecule has 2 unspecified atom stereocenters. The van der Waals surface area contributed by atoms with E-state index in [0.29, 0.717) is 18.5 Å². The van der Waals surface area contributed by atoms with Gasteiger partial charge in [-0.25, -0.2) is 0 Å². The molecule has 1 saturated carbocycles. The van der Waals surface area contributed by atoms with Crippen LogP contribution in [0.4, 0.5) is 0 Å². The van der Waals surface area contributed by atoms with Crippen LogP contribution in [0.15, 0.2) is 4.52 Å². The van der Waals surface area contributed by atoms with Crippen LogP contribution in [0.5, 0.6) is 0 Å². The molecule has 0 aliphatic heterocycles. The van der Waals surface area contributed by atoms with Crippen LogP contribution in [-0.4, -0.2) is 22.3 Å². The van der Waals surface area contributed by atoms with Gasteiger partial charge in [0.05, 0.1) is 6.10 Å². The minimum absolute atomic E-state index is 0.261. The fraction of sp³-hybridized carbons (Fsp3) is 0.800. The maximum Gasteiger partial charge on any atom is 0.252 e. The largest absolute Gasteiger partial charge is 0.368 e. The average Bonchev–Trinajstić information content (AvgIpc) is 2.83. The van der Waals surface area contributed by atoms with Gasteiger partial charge in [0.2, 0.25) is 0 Å². The first-order valence-corrected chi connectivity index (χ1v) is 5.46. The molecule has 1 aliphatic carbocycles. The maximum absolute atomic E-state index is 5.79. The number of rotatable bonds is 4. The molecule has 0 amide bonds. The zero-order chi connectivity index (χ0) is 10.7. The first-order valence-electron chi connectivity index (χ1n) is 5.46. The van der Waals surface area contributed by atoms with E-state index in [4.69, 9.17) is 15.0 Å². The lowest BCUT2D eigenvalue weighted by molar-refractivity contribution is 0.0298. The second-order valence-corrected chi connectivity index (χ2v) is 3.96.